The fourth-order valence-corrected chi connectivity index (χ4v) is 3.12. The van der Waals surface area contributed by atoms with Crippen molar-refractivity contribution in [1.82, 2.24) is 10.3 Å². The molecule has 0 saturated carbocycles. The molecule has 3 nitrogen and oxygen atoms in total. The van der Waals surface area contributed by atoms with E-state index >= 15 is 0 Å². The lowest BCUT2D eigenvalue weighted by Gasteiger charge is -2.43. The zero-order valence-corrected chi connectivity index (χ0v) is 12.7. The molecule has 2 rings (SSSR count). The summed E-state index contributed by atoms with van der Waals surface area (Å²) < 4.78 is 0. The van der Waals surface area contributed by atoms with Crippen LogP contribution in [0.2, 0.25) is 0 Å². The zero-order valence-electron chi connectivity index (χ0n) is 12.7. The maximum atomic E-state index is 4.34. The Morgan fingerprint density at radius 2 is 2.16 bits per heavy atom. The molecule has 3 atom stereocenters. The van der Waals surface area contributed by atoms with E-state index in [0.717, 1.165) is 31.5 Å². The molecule has 0 aromatic carbocycles. The molecule has 1 saturated heterocycles. The third kappa shape index (κ3) is 3.27. The van der Waals surface area contributed by atoms with E-state index < -0.39 is 0 Å². The smallest absolute Gasteiger partial charge is 0.0600 e. The van der Waals surface area contributed by atoms with Gasteiger partial charge in [0.05, 0.1) is 11.9 Å². The standard InChI is InChI=1S/C16H27N3/c1-5-17-9-15-6-7-18-10-16(15)19-11-12(2)8-13(3)14(19)4/h6-7,10,12-14,17H,5,8-9,11H2,1-4H3. The average molecular weight is 261 g/mol. The maximum Gasteiger partial charge on any atom is 0.0600 e. The molecule has 0 amide bonds. The van der Waals surface area contributed by atoms with Crippen LogP contribution >= 0.6 is 0 Å². The number of nitrogens with zero attached hydrogens (tertiary/aromatic N) is 2. The van der Waals surface area contributed by atoms with Crippen molar-refractivity contribution in [2.45, 2.75) is 46.7 Å². The van der Waals surface area contributed by atoms with Gasteiger partial charge in [0.2, 0.25) is 0 Å². The first-order chi connectivity index (χ1) is 9.13. The van der Waals surface area contributed by atoms with Gasteiger partial charge in [-0.1, -0.05) is 20.8 Å². The molecular weight excluding hydrogens is 234 g/mol. The zero-order chi connectivity index (χ0) is 13.8. The second-order valence-corrected chi connectivity index (χ2v) is 6.00. The highest BCUT2D eigenvalue weighted by Crippen LogP contribution is 2.32. The predicted molar refractivity (Wildman–Crippen MR) is 81.4 cm³/mol. The number of hydrogen-bond donors (Lipinski definition) is 1. The molecule has 2 heterocycles. The van der Waals surface area contributed by atoms with Gasteiger partial charge in [-0.05, 0) is 43.4 Å². The van der Waals surface area contributed by atoms with Crippen LogP contribution in [0.3, 0.4) is 0 Å². The average Bonchev–Trinajstić information content (AvgIpc) is 2.41. The molecule has 1 aromatic heterocycles. The van der Waals surface area contributed by atoms with Gasteiger partial charge in [0, 0.05) is 25.3 Å². The number of piperidine rings is 1. The van der Waals surface area contributed by atoms with Crippen LogP contribution in [0.4, 0.5) is 5.69 Å². The molecule has 3 unspecified atom stereocenters. The first-order valence-corrected chi connectivity index (χ1v) is 7.53. The summed E-state index contributed by atoms with van der Waals surface area (Å²) >= 11 is 0. The first-order valence-electron chi connectivity index (χ1n) is 7.53. The van der Waals surface area contributed by atoms with Gasteiger partial charge < -0.3 is 10.2 Å². The molecule has 0 aliphatic carbocycles. The summed E-state index contributed by atoms with van der Waals surface area (Å²) in [5, 5.41) is 3.43. The highest BCUT2D eigenvalue weighted by Gasteiger charge is 2.29. The van der Waals surface area contributed by atoms with Crippen LogP contribution in [0.15, 0.2) is 18.5 Å². The summed E-state index contributed by atoms with van der Waals surface area (Å²) in [6.45, 7) is 12.3. The normalized spacial score (nSPS) is 27.6. The van der Waals surface area contributed by atoms with E-state index in [9.17, 15) is 0 Å². The molecule has 1 aliphatic heterocycles. The monoisotopic (exact) mass is 261 g/mol. The quantitative estimate of drug-likeness (QED) is 0.903. The largest absolute Gasteiger partial charge is 0.367 e. The molecule has 19 heavy (non-hydrogen) atoms. The molecule has 0 radical (unpaired) electrons. The van der Waals surface area contributed by atoms with E-state index in [1.54, 1.807) is 0 Å². The number of pyridine rings is 1. The van der Waals surface area contributed by atoms with Gasteiger partial charge >= 0.3 is 0 Å². The van der Waals surface area contributed by atoms with E-state index in [4.69, 9.17) is 0 Å². The molecule has 3 heteroatoms. The number of rotatable bonds is 4. The fraction of sp³-hybridized carbons (Fsp3) is 0.688. The Balaban J connectivity index is 2.24. The van der Waals surface area contributed by atoms with Crippen LogP contribution in [0, 0.1) is 11.8 Å². The number of nitrogens with one attached hydrogen (secondary N) is 1. The summed E-state index contributed by atoms with van der Waals surface area (Å²) in [6.07, 6.45) is 5.27. The number of hydrogen-bond acceptors (Lipinski definition) is 3. The molecule has 0 spiro atoms. The molecule has 106 valence electrons. The van der Waals surface area contributed by atoms with Crippen LogP contribution in [-0.4, -0.2) is 24.1 Å². The van der Waals surface area contributed by atoms with Crippen molar-refractivity contribution >= 4 is 5.69 Å². The Bertz CT molecular complexity index is 405. The van der Waals surface area contributed by atoms with Crippen LogP contribution in [-0.2, 0) is 6.54 Å². The van der Waals surface area contributed by atoms with Crippen molar-refractivity contribution < 1.29 is 0 Å². The molecule has 0 bridgehead atoms. The predicted octanol–water partition coefficient (Wildman–Crippen LogP) is 3.06. The molecule has 1 N–H and O–H groups in total. The molecule has 1 fully saturated rings. The van der Waals surface area contributed by atoms with Crippen LogP contribution in [0.25, 0.3) is 0 Å². The fourth-order valence-electron chi connectivity index (χ4n) is 3.12. The Kier molecular flexibility index (Phi) is 4.81. The van der Waals surface area contributed by atoms with E-state index in [1.807, 2.05) is 12.4 Å². The minimum Gasteiger partial charge on any atom is -0.367 e. The number of aromatic nitrogens is 1. The van der Waals surface area contributed by atoms with E-state index in [0.29, 0.717) is 6.04 Å². The Hall–Kier alpha value is -1.09. The summed E-state index contributed by atoms with van der Waals surface area (Å²) in [7, 11) is 0. The van der Waals surface area contributed by atoms with Crippen molar-refractivity contribution in [1.29, 1.82) is 0 Å². The van der Waals surface area contributed by atoms with Gasteiger partial charge in [0.25, 0.3) is 0 Å². The lowest BCUT2D eigenvalue weighted by atomic mass is 9.85. The third-order valence-electron chi connectivity index (χ3n) is 4.36. The van der Waals surface area contributed by atoms with Crippen LogP contribution in [0.1, 0.15) is 39.7 Å². The van der Waals surface area contributed by atoms with E-state index in [1.165, 1.54) is 17.7 Å². The van der Waals surface area contributed by atoms with Gasteiger partial charge in [-0.15, -0.1) is 0 Å². The van der Waals surface area contributed by atoms with E-state index in [2.05, 4.69) is 49.0 Å². The Morgan fingerprint density at radius 3 is 2.89 bits per heavy atom. The summed E-state index contributed by atoms with van der Waals surface area (Å²) in [6, 6.07) is 2.75. The van der Waals surface area contributed by atoms with E-state index in [-0.39, 0.29) is 0 Å². The molecule has 1 aromatic rings. The highest BCUT2D eigenvalue weighted by atomic mass is 15.2. The van der Waals surface area contributed by atoms with Gasteiger partial charge in [0.15, 0.2) is 0 Å². The van der Waals surface area contributed by atoms with Gasteiger partial charge in [-0.2, -0.15) is 0 Å². The van der Waals surface area contributed by atoms with Crippen molar-refractivity contribution in [3.8, 4) is 0 Å². The Labute approximate surface area is 117 Å². The van der Waals surface area contributed by atoms with Gasteiger partial charge in [-0.3, -0.25) is 4.98 Å². The Morgan fingerprint density at radius 1 is 1.37 bits per heavy atom. The molecular formula is C16H27N3. The minimum absolute atomic E-state index is 0.598. The van der Waals surface area contributed by atoms with Crippen molar-refractivity contribution in [2.24, 2.45) is 11.8 Å². The topological polar surface area (TPSA) is 28.2 Å². The van der Waals surface area contributed by atoms with Crippen LogP contribution < -0.4 is 10.2 Å². The third-order valence-corrected chi connectivity index (χ3v) is 4.36. The second kappa shape index (κ2) is 6.38. The van der Waals surface area contributed by atoms with Gasteiger partial charge in [-0.25, -0.2) is 0 Å². The lowest BCUT2D eigenvalue weighted by molar-refractivity contribution is 0.296. The molecule has 1 aliphatic rings. The maximum absolute atomic E-state index is 4.34. The minimum atomic E-state index is 0.598. The SMILES string of the molecule is CCNCc1ccncc1N1CC(C)CC(C)C1C. The summed E-state index contributed by atoms with van der Waals surface area (Å²) in [5.41, 5.74) is 2.68. The highest BCUT2D eigenvalue weighted by molar-refractivity contribution is 5.53. The number of anilines is 1. The van der Waals surface area contributed by atoms with Crippen molar-refractivity contribution in [2.75, 3.05) is 18.0 Å². The van der Waals surface area contributed by atoms with Crippen LogP contribution in [0.5, 0.6) is 0 Å². The first kappa shape index (κ1) is 14.3. The van der Waals surface area contributed by atoms with Crippen molar-refractivity contribution in [3.05, 3.63) is 24.0 Å². The summed E-state index contributed by atoms with van der Waals surface area (Å²) in [4.78, 5) is 6.90. The van der Waals surface area contributed by atoms with Crippen molar-refractivity contribution in [3.63, 3.8) is 0 Å². The lowest BCUT2D eigenvalue weighted by Crippen LogP contribution is -2.46. The van der Waals surface area contributed by atoms with Gasteiger partial charge in [0.1, 0.15) is 0 Å². The second-order valence-electron chi connectivity index (χ2n) is 6.00. The summed E-state index contributed by atoms with van der Waals surface area (Å²) in [5.74, 6) is 1.51.